The van der Waals surface area contributed by atoms with Crippen LogP contribution in [0, 0.1) is 0 Å². The maximum absolute atomic E-state index is 2.62. The molecule has 1 aliphatic rings. The summed E-state index contributed by atoms with van der Waals surface area (Å²) in [4.78, 5) is 2.62. The number of anilines is 2. The summed E-state index contributed by atoms with van der Waals surface area (Å²) in [6.07, 6.45) is 0. The van der Waals surface area contributed by atoms with Crippen molar-refractivity contribution in [2.45, 2.75) is 85.1 Å². The Bertz CT molecular complexity index is 1460. The molecule has 4 aromatic carbocycles. The SMILES string of the molecule is CC(C)c1ccc(-c2ccccc2)cc1N(c1cc2c(cc1C(C)C)C(C)(C)c1ccccc1-2)C(C)(C)C. The minimum Gasteiger partial charge on any atom is -0.336 e. The van der Waals surface area contributed by atoms with Gasteiger partial charge >= 0.3 is 0 Å². The summed E-state index contributed by atoms with van der Waals surface area (Å²) in [6, 6.07) is 31.8. The van der Waals surface area contributed by atoms with Crippen LogP contribution in [0.2, 0.25) is 0 Å². The van der Waals surface area contributed by atoms with E-state index in [0.717, 1.165) is 0 Å². The molecule has 0 heterocycles. The van der Waals surface area contributed by atoms with Crippen molar-refractivity contribution in [3.8, 4) is 22.3 Å². The molecule has 0 fully saturated rings. The fraction of sp³-hybridized carbons (Fsp3) is 0.351. The van der Waals surface area contributed by atoms with Crippen molar-refractivity contribution >= 4 is 11.4 Å². The highest BCUT2D eigenvalue weighted by Crippen LogP contribution is 2.53. The topological polar surface area (TPSA) is 3.24 Å². The van der Waals surface area contributed by atoms with Crippen LogP contribution in [0.15, 0.2) is 84.9 Å². The van der Waals surface area contributed by atoms with Gasteiger partial charge in [-0.3, -0.25) is 0 Å². The zero-order chi connectivity index (χ0) is 27.4. The van der Waals surface area contributed by atoms with Crippen molar-refractivity contribution in [2.24, 2.45) is 0 Å². The summed E-state index contributed by atoms with van der Waals surface area (Å²) in [7, 11) is 0. The summed E-state index contributed by atoms with van der Waals surface area (Å²) in [5.41, 5.74) is 13.5. The molecular weight excluding hydrogens is 458 g/mol. The highest BCUT2D eigenvalue weighted by Gasteiger charge is 2.38. The molecule has 1 heteroatoms. The lowest BCUT2D eigenvalue weighted by Gasteiger charge is -2.42. The molecule has 0 unspecified atom stereocenters. The van der Waals surface area contributed by atoms with Crippen molar-refractivity contribution in [3.63, 3.8) is 0 Å². The summed E-state index contributed by atoms with van der Waals surface area (Å²) in [6.45, 7) is 21.1. The van der Waals surface area contributed by atoms with E-state index in [-0.39, 0.29) is 11.0 Å². The molecule has 0 saturated heterocycles. The molecular formula is C37H43N. The van der Waals surface area contributed by atoms with Crippen molar-refractivity contribution in [2.75, 3.05) is 4.90 Å². The molecule has 0 atom stereocenters. The average molecular weight is 502 g/mol. The molecule has 0 bridgehead atoms. The quantitative estimate of drug-likeness (QED) is 0.263. The van der Waals surface area contributed by atoms with Crippen LogP contribution in [0.25, 0.3) is 22.3 Å². The van der Waals surface area contributed by atoms with E-state index in [4.69, 9.17) is 0 Å². The Morgan fingerprint density at radius 1 is 0.579 bits per heavy atom. The van der Waals surface area contributed by atoms with Gasteiger partial charge in [0.2, 0.25) is 0 Å². The number of hydrogen-bond acceptors (Lipinski definition) is 1. The van der Waals surface area contributed by atoms with E-state index in [1.807, 2.05) is 0 Å². The van der Waals surface area contributed by atoms with Gasteiger partial charge in [0, 0.05) is 22.3 Å². The maximum atomic E-state index is 2.62. The van der Waals surface area contributed by atoms with Crippen molar-refractivity contribution in [1.29, 1.82) is 0 Å². The first-order valence-electron chi connectivity index (χ1n) is 14.2. The smallest absolute Gasteiger partial charge is 0.0457 e. The second kappa shape index (κ2) is 9.45. The first-order valence-corrected chi connectivity index (χ1v) is 14.2. The van der Waals surface area contributed by atoms with Gasteiger partial charge in [0.25, 0.3) is 0 Å². The molecule has 0 aromatic heterocycles. The number of nitrogens with zero attached hydrogens (tertiary/aromatic N) is 1. The minimum atomic E-state index is -0.121. The molecule has 0 aliphatic heterocycles. The van der Waals surface area contributed by atoms with Crippen LogP contribution in [-0.2, 0) is 5.41 Å². The Hall–Kier alpha value is -3.32. The lowest BCUT2D eigenvalue weighted by molar-refractivity contribution is 0.554. The van der Waals surface area contributed by atoms with Crippen LogP contribution >= 0.6 is 0 Å². The zero-order valence-corrected chi connectivity index (χ0v) is 24.7. The predicted molar refractivity (Wildman–Crippen MR) is 166 cm³/mol. The normalized spacial score (nSPS) is 14.1. The van der Waals surface area contributed by atoms with Gasteiger partial charge in [-0.25, -0.2) is 0 Å². The van der Waals surface area contributed by atoms with Gasteiger partial charge in [-0.1, -0.05) is 114 Å². The largest absolute Gasteiger partial charge is 0.336 e. The molecule has 196 valence electrons. The molecule has 0 spiro atoms. The van der Waals surface area contributed by atoms with E-state index in [9.17, 15) is 0 Å². The Labute approximate surface area is 230 Å². The molecule has 1 nitrogen and oxygen atoms in total. The summed E-state index contributed by atoms with van der Waals surface area (Å²) in [5.74, 6) is 0.815. The lowest BCUT2D eigenvalue weighted by Crippen LogP contribution is -2.39. The molecule has 0 radical (unpaired) electrons. The van der Waals surface area contributed by atoms with Crippen LogP contribution in [0.3, 0.4) is 0 Å². The van der Waals surface area contributed by atoms with E-state index < -0.39 is 0 Å². The van der Waals surface area contributed by atoms with Gasteiger partial charge in [-0.05, 0) is 89.2 Å². The third kappa shape index (κ3) is 4.37. The van der Waals surface area contributed by atoms with Gasteiger partial charge in [0.05, 0.1) is 0 Å². The summed E-state index contributed by atoms with van der Waals surface area (Å²) < 4.78 is 0. The highest BCUT2D eigenvalue weighted by atomic mass is 15.2. The Morgan fingerprint density at radius 2 is 1.18 bits per heavy atom. The predicted octanol–water partition coefficient (Wildman–Crippen LogP) is 10.8. The maximum Gasteiger partial charge on any atom is 0.0457 e. The lowest BCUT2D eigenvalue weighted by atomic mass is 9.80. The standard InChI is InChI=1S/C37H43N/c1-24(2)28-20-19-27(26-15-11-10-12-16-26)21-34(28)38(36(5,6)7)35-23-31-29-17-13-14-18-32(29)37(8,9)33(31)22-30(35)25(3)4/h10-25H,1-9H3. The molecule has 38 heavy (non-hydrogen) atoms. The van der Waals surface area contributed by atoms with E-state index in [0.29, 0.717) is 11.8 Å². The number of rotatable bonds is 5. The van der Waals surface area contributed by atoms with Crippen LogP contribution < -0.4 is 4.90 Å². The Balaban J connectivity index is 1.82. The molecule has 1 aliphatic carbocycles. The minimum absolute atomic E-state index is 0.00300. The zero-order valence-electron chi connectivity index (χ0n) is 24.7. The number of hydrogen-bond donors (Lipinski definition) is 0. The van der Waals surface area contributed by atoms with Crippen LogP contribution in [-0.4, -0.2) is 5.54 Å². The van der Waals surface area contributed by atoms with Gasteiger partial charge in [-0.2, -0.15) is 0 Å². The molecule has 5 rings (SSSR count). The Morgan fingerprint density at radius 3 is 1.82 bits per heavy atom. The third-order valence-corrected chi connectivity index (χ3v) is 8.26. The fourth-order valence-electron chi connectivity index (χ4n) is 6.30. The second-order valence-corrected chi connectivity index (χ2v) is 13.1. The summed E-state index contributed by atoms with van der Waals surface area (Å²) in [5, 5.41) is 0. The van der Waals surface area contributed by atoms with E-state index in [1.165, 1.54) is 55.9 Å². The van der Waals surface area contributed by atoms with Gasteiger partial charge in [-0.15, -0.1) is 0 Å². The van der Waals surface area contributed by atoms with E-state index in [2.05, 4.69) is 152 Å². The first kappa shape index (κ1) is 26.3. The van der Waals surface area contributed by atoms with Gasteiger partial charge in [0.15, 0.2) is 0 Å². The second-order valence-electron chi connectivity index (χ2n) is 13.1. The number of fused-ring (bicyclic) bond motifs is 3. The van der Waals surface area contributed by atoms with Crippen LogP contribution in [0.1, 0.15) is 96.4 Å². The van der Waals surface area contributed by atoms with Crippen molar-refractivity contribution < 1.29 is 0 Å². The molecule has 4 aromatic rings. The van der Waals surface area contributed by atoms with Crippen LogP contribution in [0.5, 0.6) is 0 Å². The molecule has 0 amide bonds. The van der Waals surface area contributed by atoms with Crippen molar-refractivity contribution in [3.05, 3.63) is 107 Å². The average Bonchev–Trinajstić information content (AvgIpc) is 3.09. The third-order valence-electron chi connectivity index (χ3n) is 8.26. The Kier molecular flexibility index (Phi) is 6.54. The first-order chi connectivity index (χ1) is 17.9. The van der Waals surface area contributed by atoms with E-state index >= 15 is 0 Å². The highest BCUT2D eigenvalue weighted by molar-refractivity contribution is 5.87. The molecule has 0 saturated carbocycles. The monoisotopic (exact) mass is 501 g/mol. The number of benzene rings is 4. The van der Waals surface area contributed by atoms with Gasteiger partial charge < -0.3 is 4.90 Å². The van der Waals surface area contributed by atoms with Gasteiger partial charge in [0.1, 0.15) is 0 Å². The molecule has 0 N–H and O–H groups in total. The summed E-state index contributed by atoms with van der Waals surface area (Å²) >= 11 is 0. The van der Waals surface area contributed by atoms with Crippen molar-refractivity contribution in [1.82, 2.24) is 0 Å². The fourth-order valence-corrected chi connectivity index (χ4v) is 6.30. The van der Waals surface area contributed by atoms with Crippen LogP contribution in [0.4, 0.5) is 11.4 Å². The van der Waals surface area contributed by atoms with E-state index in [1.54, 1.807) is 0 Å².